The van der Waals surface area contributed by atoms with Crippen LogP contribution in [0.25, 0.3) is 11.1 Å². The highest BCUT2D eigenvalue weighted by Crippen LogP contribution is 2.31. The van der Waals surface area contributed by atoms with Gasteiger partial charge in [-0.1, -0.05) is 36.4 Å². The lowest BCUT2D eigenvalue weighted by Crippen LogP contribution is -2.56. The van der Waals surface area contributed by atoms with Crippen molar-refractivity contribution in [2.24, 2.45) is 5.92 Å². The van der Waals surface area contributed by atoms with Crippen molar-refractivity contribution in [3.63, 3.8) is 0 Å². The fourth-order valence-electron chi connectivity index (χ4n) is 3.88. The molecule has 3 saturated heterocycles. The van der Waals surface area contributed by atoms with E-state index in [0.29, 0.717) is 11.7 Å². The summed E-state index contributed by atoms with van der Waals surface area (Å²) < 4.78 is 13.0. The van der Waals surface area contributed by atoms with Crippen LogP contribution in [-0.2, 0) is 11.2 Å². The Bertz CT molecular complexity index is 699. The van der Waals surface area contributed by atoms with E-state index in [-0.39, 0.29) is 11.9 Å². The second-order valence-electron chi connectivity index (χ2n) is 6.64. The molecule has 3 aliphatic heterocycles. The fraction of sp³-hybridized carbons (Fsp3) is 0.350. The number of hydrogen-bond acceptors (Lipinski definition) is 2. The van der Waals surface area contributed by atoms with Gasteiger partial charge in [0.1, 0.15) is 5.82 Å². The molecule has 0 aromatic heterocycles. The molecule has 2 aromatic carbocycles. The van der Waals surface area contributed by atoms with Gasteiger partial charge in [-0.3, -0.25) is 9.69 Å². The number of halogens is 1. The van der Waals surface area contributed by atoms with Crippen LogP contribution < -0.4 is 0 Å². The van der Waals surface area contributed by atoms with Crippen molar-refractivity contribution in [3.05, 3.63) is 59.9 Å². The normalized spacial score (nSPS) is 26.5. The van der Waals surface area contributed by atoms with Gasteiger partial charge in [-0.05, 0) is 61.2 Å². The lowest BCUT2D eigenvalue weighted by atomic mass is 9.80. The van der Waals surface area contributed by atoms with Gasteiger partial charge in [-0.2, -0.15) is 0 Å². The van der Waals surface area contributed by atoms with E-state index in [1.165, 1.54) is 17.7 Å². The molecular weight excluding hydrogens is 289 g/mol. The fourth-order valence-corrected chi connectivity index (χ4v) is 3.88. The van der Waals surface area contributed by atoms with E-state index in [2.05, 4.69) is 29.2 Å². The zero-order valence-electron chi connectivity index (χ0n) is 13.0. The molecule has 23 heavy (non-hydrogen) atoms. The third-order valence-electron chi connectivity index (χ3n) is 5.26. The number of ketones is 1. The third kappa shape index (κ3) is 2.81. The maximum Gasteiger partial charge on any atom is 0.153 e. The molecule has 0 radical (unpaired) electrons. The van der Waals surface area contributed by atoms with Crippen LogP contribution in [0.5, 0.6) is 0 Å². The third-order valence-corrected chi connectivity index (χ3v) is 5.26. The van der Waals surface area contributed by atoms with E-state index >= 15 is 0 Å². The summed E-state index contributed by atoms with van der Waals surface area (Å²) >= 11 is 0. The molecule has 1 unspecified atom stereocenters. The average Bonchev–Trinajstić information content (AvgIpc) is 2.60. The summed E-state index contributed by atoms with van der Waals surface area (Å²) in [5.74, 6) is 0.513. The highest BCUT2D eigenvalue weighted by molar-refractivity contribution is 5.88. The number of Topliss-reactive ketones (excluding diaryl/α,β-unsaturated/α-hetero) is 1. The Morgan fingerprint density at radius 1 is 0.913 bits per heavy atom. The minimum atomic E-state index is -0.217. The summed E-state index contributed by atoms with van der Waals surface area (Å²) in [6, 6.07) is 14.9. The van der Waals surface area contributed by atoms with E-state index in [4.69, 9.17) is 0 Å². The molecule has 3 aliphatic rings. The van der Waals surface area contributed by atoms with Crippen LogP contribution in [0.4, 0.5) is 4.39 Å². The van der Waals surface area contributed by atoms with Crippen molar-refractivity contribution in [2.75, 3.05) is 13.1 Å². The number of carbonyl (C=O) groups excluding carboxylic acids is 1. The predicted molar refractivity (Wildman–Crippen MR) is 88.6 cm³/mol. The summed E-state index contributed by atoms with van der Waals surface area (Å²) in [4.78, 5) is 14.8. The Morgan fingerprint density at radius 3 is 2.04 bits per heavy atom. The molecule has 0 spiro atoms. The molecule has 2 nitrogen and oxygen atoms in total. The Balaban J connectivity index is 1.50. The van der Waals surface area contributed by atoms with Crippen molar-refractivity contribution in [1.82, 2.24) is 4.90 Å². The molecule has 0 N–H and O–H groups in total. The molecule has 3 heterocycles. The summed E-state index contributed by atoms with van der Waals surface area (Å²) in [6.45, 7) is 2.13. The number of fused-ring (bicyclic) bond motifs is 3. The van der Waals surface area contributed by atoms with Crippen LogP contribution >= 0.6 is 0 Å². The first-order valence-corrected chi connectivity index (χ1v) is 8.33. The first-order chi connectivity index (χ1) is 11.2. The molecule has 0 saturated carbocycles. The van der Waals surface area contributed by atoms with Crippen LogP contribution in [-0.4, -0.2) is 29.8 Å². The molecule has 3 fully saturated rings. The van der Waals surface area contributed by atoms with Crippen LogP contribution in [0.3, 0.4) is 0 Å². The number of benzene rings is 2. The van der Waals surface area contributed by atoms with Crippen molar-refractivity contribution in [1.29, 1.82) is 0 Å². The number of carbonyl (C=O) groups is 1. The summed E-state index contributed by atoms with van der Waals surface area (Å²) in [5.41, 5.74) is 3.28. The van der Waals surface area contributed by atoms with Gasteiger partial charge < -0.3 is 0 Å². The van der Waals surface area contributed by atoms with Gasteiger partial charge in [-0.25, -0.2) is 4.39 Å². The molecule has 0 aliphatic carbocycles. The molecule has 3 heteroatoms. The van der Waals surface area contributed by atoms with Gasteiger partial charge in [0.05, 0.1) is 6.04 Å². The van der Waals surface area contributed by atoms with Crippen LogP contribution in [0.2, 0.25) is 0 Å². The molecule has 2 bridgehead atoms. The second kappa shape index (κ2) is 5.89. The summed E-state index contributed by atoms with van der Waals surface area (Å²) in [6.07, 6.45) is 2.89. The lowest BCUT2D eigenvalue weighted by molar-refractivity contribution is -0.136. The van der Waals surface area contributed by atoms with E-state index in [1.54, 1.807) is 12.1 Å². The molecule has 5 rings (SSSR count). The van der Waals surface area contributed by atoms with Crippen LogP contribution in [0.1, 0.15) is 18.4 Å². The van der Waals surface area contributed by atoms with Crippen molar-refractivity contribution < 1.29 is 9.18 Å². The molecule has 0 amide bonds. The lowest BCUT2D eigenvalue weighted by Gasteiger charge is -2.44. The Kier molecular flexibility index (Phi) is 3.74. The zero-order chi connectivity index (χ0) is 15.8. The van der Waals surface area contributed by atoms with Crippen molar-refractivity contribution >= 4 is 5.78 Å². The van der Waals surface area contributed by atoms with E-state index in [0.717, 1.165) is 43.5 Å². The predicted octanol–water partition coefficient (Wildman–Crippen LogP) is 3.70. The maximum absolute atomic E-state index is 13.0. The highest BCUT2D eigenvalue weighted by atomic mass is 19.1. The zero-order valence-corrected chi connectivity index (χ0v) is 13.0. The Labute approximate surface area is 135 Å². The van der Waals surface area contributed by atoms with E-state index in [9.17, 15) is 9.18 Å². The molecule has 118 valence electrons. The topological polar surface area (TPSA) is 20.3 Å². The maximum atomic E-state index is 13.0. The number of nitrogens with zero attached hydrogens (tertiary/aromatic N) is 1. The van der Waals surface area contributed by atoms with Crippen molar-refractivity contribution in [2.45, 2.75) is 25.3 Å². The number of rotatable bonds is 3. The van der Waals surface area contributed by atoms with Gasteiger partial charge in [0.2, 0.25) is 0 Å². The van der Waals surface area contributed by atoms with Crippen LogP contribution in [0, 0.1) is 11.7 Å². The quantitative estimate of drug-likeness (QED) is 0.861. The van der Waals surface area contributed by atoms with Gasteiger partial charge in [-0.15, -0.1) is 0 Å². The minimum Gasteiger partial charge on any atom is -0.298 e. The number of hydrogen-bond donors (Lipinski definition) is 0. The standard InChI is InChI=1S/C20H20FNO/c21-18-7-5-16(6-8-18)15-3-1-14(2-4-15)13-19-20(23)17-9-11-22(19)12-10-17/h1-8,17,19H,9-13H2. The van der Waals surface area contributed by atoms with Gasteiger partial charge in [0.25, 0.3) is 0 Å². The van der Waals surface area contributed by atoms with Gasteiger partial charge in [0.15, 0.2) is 5.78 Å². The summed E-state index contributed by atoms with van der Waals surface area (Å²) in [5, 5.41) is 0. The van der Waals surface area contributed by atoms with Gasteiger partial charge in [0, 0.05) is 5.92 Å². The Morgan fingerprint density at radius 2 is 1.48 bits per heavy atom. The second-order valence-corrected chi connectivity index (χ2v) is 6.64. The molecule has 2 aromatic rings. The summed E-state index contributed by atoms with van der Waals surface area (Å²) in [7, 11) is 0. The van der Waals surface area contributed by atoms with Gasteiger partial charge >= 0.3 is 0 Å². The molecular formula is C20H20FNO. The van der Waals surface area contributed by atoms with E-state index < -0.39 is 0 Å². The number of piperidine rings is 3. The minimum absolute atomic E-state index is 0.0687. The van der Waals surface area contributed by atoms with Crippen molar-refractivity contribution in [3.8, 4) is 11.1 Å². The highest BCUT2D eigenvalue weighted by Gasteiger charge is 2.40. The average molecular weight is 309 g/mol. The van der Waals surface area contributed by atoms with E-state index in [1.807, 2.05) is 0 Å². The monoisotopic (exact) mass is 309 g/mol. The van der Waals surface area contributed by atoms with Crippen LogP contribution in [0.15, 0.2) is 48.5 Å². The molecule has 1 atom stereocenters. The SMILES string of the molecule is O=C1C2CCN(CC2)C1Cc1ccc(-c2ccc(F)cc2)cc1. The first kappa shape index (κ1) is 14.6. The first-order valence-electron chi connectivity index (χ1n) is 8.33. The largest absolute Gasteiger partial charge is 0.298 e. The Hall–Kier alpha value is -2.00. The smallest absolute Gasteiger partial charge is 0.153 e.